The molecular formula is C12H20N2S. The third kappa shape index (κ3) is 4.06. The van der Waals surface area contributed by atoms with Crippen molar-refractivity contribution in [2.24, 2.45) is 5.92 Å². The average Bonchev–Trinajstić information content (AvgIpc) is 2.79. The predicted molar refractivity (Wildman–Crippen MR) is 67.1 cm³/mol. The second-order valence-corrected chi connectivity index (χ2v) is 5.46. The lowest BCUT2D eigenvalue weighted by molar-refractivity contribution is 0.268. The largest absolute Gasteiger partial charge is 0.314 e. The summed E-state index contributed by atoms with van der Waals surface area (Å²) in [5, 5.41) is 3.36. The number of nitrogens with zero attached hydrogens (tertiary/aromatic N) is 1. The molecule has 1 atom stereocenters. The minimum absolute atomic E-state index is 0.880. The molecule has 2 nitrogen and oxygen atoms in total. The van der Waals surface area contributed by atoms with Crippen molar-refractivity contribution < 1.29 is 0 Å². The lowest BCUT2D eigenvalue weighted by Crippen LogP contribution is -2.43. The summed E-state index contributed by atoms with van der Waals surface area (Å²) in [6, 6.07) is 0. The molecule has 2 aliphatic rings. The number of hydrogen-bond acceptors (Lipinski definition) is 3. The molecule has 15 heavy (non-hydrogen) atoms. The molecule has 0 bridgehead atoms. The minimum Gasteiger partial charge on any atom is -0.314 e. The number of piperazine rings is 1. The summed E-state index contributed by atoms with van der Waals surface area (Å²) in [5.74, 6) is 10.2. The highest BCUT2D eigenvalue weighted by molar-refractivity contribution is 7.99. The van der Waals surface area contributed by atoms with Crippen molar-refractivity contribution in [1.82, 2.24) is 10.2 Å². The first-order valence-electron chi connectivity index (χ1n) is 5.91. The van der Waals surface area contributed by atoms with E-state index in [0.29, 0.717) is 0 Å². The van der Waals surface area contributed by atoms with Crippen molar-refractivity contribution in [1.29, 1.82) is 0 Å². The van der Waals surface area contributed by atoms with Gasteiger partial charge < -0.3 is 5.32 Å². The smallest absolute Gasteiger partial charge is 0.0602 e. The molecule has 2 rings (SSSR count). The molecule has 3 heteroatoms. The van der Waals surface area contributed by atoms with E-state index >= 15 is 0 Å². The fourth-order valence-corrected chi connectivity index (χ4v) is 3.28. The standard InChI is InChI=1S/C12H20N2S/c1(3-12-4-10-15-11-12)2-7-14-8-5-13-6-9-14/h12-13H,3-11H2. The van der Waals surface area contributed by atoms with E-state index in [-0.39, 0.29) is 0 Å². The molecule has 1 N–H and O–H groups in total. The van der Waals surface area contributed by atoms with Gasteiger partial charge in [-0.3, -0.25) is 4.90 Å². The van der Waals surface area contributed by atoms with Gasteiger partial charge in [-0.25, -0.2) is 0 Å². The zero-order valence-corrected chi connectivity index (χ0v) is 10.1. The molecule has 0 amide bonds. The Labute approximate surface area is 97.2 Å². The number of thioether (sulfide) groups is 1. The molecule has 2 heterocycles. The lowest BCUT2D eigenvalue weighted by Gasteiger charge is -2.24. The molecule has 0 aromatic heterocycles. The average molecular weight is 224 g/mol. The molecule has 1 unspecified atom stereocenters. The zero-order valence-electron chi connectivity index (χ0n) is 9.30. The minimum atomic E-state index is 0.880. The normalized spacial score (nSPS) is 27.3. The van der Waals surface area contributed by atoms with Crippen LogP contribution in [0.4, 0.5) is 0 Å². The van der Waals surface area contributed by atoms with Crippen molar-refractivity contribution in [3.63, 3.8) is 0 Å². The van der Waals surface area contributed by atoms with Gasteiger partial charge in [-0.2, -0.15) is 11.8 Å². The van der Waals surface area contributed by atoms with E-state index < -0.39 is 0 Å². The highest BCUT2D eigenvalue weighted by Crippen LogP contribution is 2.25. The topological polar surface area (TPSA) is 15.3 Å². The molecule has 0 saturated carbocycles. The summed E-state index contributed by atoms with van der Waals surface area (Å²) in [6.07, 6.45) is 2.51. The van der Waals surface area contributed by atoms with Gasteiger partial charge in [0.05, 0.1) is 6.54 Å². The van der Waals surface area contributed by atoms with Crippen molar-refractivity contribution in [2.45, 2.75) is 12.8 Å². The molecule has 0 spiro atoms. The lowest BCUT2D eigenvalue weighted by atomic mass is 10.1. The number of rotatable bonds is 2. The molecule has 0 aromatic carbocycles. The SMILES string of the molecule is C(#CCN1CCNCC1)CC1CCSC1. The summed E-state index contributed by atoms with van der Waals surface area (Å²) < 4.78 is 0. The molecule has 2 aliphatic heterocycles. The van der Waals surface area contributed by atoms with Gasteiger partial charge in [0.2, 0.25) is 0 Å². The van der Waals surface area contributed by atoms with E-state index in [9.17, 15) is 0 Å². The maximum absolute atomic E-state index is 3.36. The van der Waals surface area contributed by atoms with Gasteiger partial charge >= 0.3 is 0 Å². The molecule has 0 radical (unpaired) electrons. The predicted octanol–water partition coefficient (Wildman–Crippen LogP) is 1.04. The van der Waals surface area contributed by atoms with Crippen LogP contribution < -0.4 is 5.32 Å². The highest BCUT2D eigenvalue weighted by atomic mass is 32.2. The monoisotopic (exact) mass is 224 g/mol. The van der Waals surface area contributed by atoms with Crippen LogP contribution >= 0.6 is 11.8 Å². The Bertz CT molecular complexity index is 232. The van der Waals surface area contributed by atoms with E-state index in [2.05, 4.69) is 33.8 Å². The van der Waals surface area contributed by atoms with Gasteiger partial charge in [0.1, 0.15) is 0 Å². The summed E-state index contributed by atoms with van der Waals surface area (Å²) in [5.41, 5.74) is 0. The maximum Gasteiger partial charge on any atom is 0.0602 e. The van der Waals surface area contributed by atoms with Crippen LogP contribution in [0, 0.1) is 17.8 Å². The maximum atomic E-state index is 3.36. The fraction of sp³-hybridized carbons (Fsp3) is 0.833. The Morgan fingerprint density at radius 1 is 1.27 bits per heavy atom. The third-order valence-electron chi connectivity index (χ3n) is 3.05. The molecule has 0 aromatic rings. The van der Waals surface area contributed by atoms with E-state index in [0.717, 1.165) is 45.1 Å². The van der Waals surface area contributed by atoms with Crippen molar-refractivity contribution in [2.75, 3.05) is 44.2 Å². The fourth-order valence-electron chi connectivity index (χ4n) is 2.00. The van der Waals surface area contributed by atoms with Gasteiger partial charge in [0.15, 0.2) is 0 Å². The number of nitrogens with one attached hydrogen (secondary N) is 1. The van der Waals surface area contributed by atoms with Gasteiger partial charge in [0, 0.05) is 32.6 Å². The Kier molecular flexibility index (Phi) is 4.85. The summed E-state index contributed by atoms with van der Waals surface area (Å²) in [6.45, 7) is 5.55. The quantitative estimate of drug-likeness (QED) is 0.706. The van der Waals surface area contributed by atoms with E-state index in [1.54, 1.807) is 0 Å². The van der Waals surface area contributed by atoms with Crippen LogP contribution in [0.2, 0.25) is 0 Å². The second-order valence-electron chi connectivity index (χ2n) is 4.31. The van der Waals surface area contributed by atoms with E-state index in [4.69, 9.17) is 0 Å². The molecule has 0 aliphatic carbocycles. The highest BCUT2D eigenvalue weighted by Gasteiger charge is 2.13. The van der Waals surface area contributed by atoms with Crippen LogP contribution in [-0.4, -0.2) is 49.1 Å². The first-order chi connectivity index (χ1) is 7.45. The van der Waals surface area contributed by atoms with E-state index in [1.165, 1.54) is 17.9 Å². The molecular weight excluding hydrogens is 204 g/mol. The third-order valence-corrected chi connectivity index (χ3v) is 4.28. The van der Waals surface area contributed by atoms with Crippen LogP contribution in [0.25, 0.3) is 0 Å². The van der Waals surface area contributed by atoms with Gasteiger partial charge in [-0.15, -0.1) is 5.92 Å². The molecule has 84 valence electrons. The Morgan fingerprint density at radius 2 is 2.13 bits per heavy atom. The first-order valence-corrected chi connectivity index (χ1v) is 7.07. The molecule has 2 fully saturated rings. The van der Waals surface area contributed by atoms with Crippen LogP contribution in [0.1, 0.15) is 12.8 Å². The van der Waals surface area contributed by atoms with E-state index in [1.807, 2.05) is 0 Å². The summed E-state index contributed by atoms with van der Waals surface area (Å²) in [4.78, 5) is 2.44. The van der Waals surface area contributed by atoms with Crippen LogP contribution in [-0.2, 0) is 0 Å². The van der Waals surface area contributed by atoms with Gasteiger partial charge in [-0.1, -0.05) is 5.92 Å². The zero-order chi connectivity index (χ0) is 10.3. The van der Waals surface area contributed by atoms with Crippen molar-refractivity contribution in [3.8, 4) is 11.8 Å². The van der Waals surface area contributed by atoms with Crippen molar-refractivity contribution in [3.05, 3.63) is 0 Å². The Morgan fingerprint density at radius 3 is 2.87 bits per heavy atom. The van der Waals surface area contributed by atoms with Gasteiger partial charge in [0.25, 0.3) is 0 Å². The molecule has 2 saturated heterocycles. The second kappa shape index (κ2) is 6.42. The number of hydrogen-bond donors (Lipinski definition) is 1. The van der Waals surface area contributed by atoms with Crippen LogP contribution in [0.3, 0.4) is 0 Å². The van der Waals surface area contributed by atoms with Crippen molar-refractivity contribution >= 4 is 11.8 Å². The first kappa shape index (κ1) is 11.3. The Balaban J connectivity index is 1.61. The summed E-state index contributed by atoms with van der Waals surface area (Å²) in [7, 11) is 0. The summed E-state index contributed by atoms with van der Waals surface area (Å²) >= 11 is 2.08. The van der Waals surface area contributed by atoms with Gasteiger partial charge in [-0.05, 0) is 23.8 Å². The Hall–Kier alpha value is -0.170. The van der Waals surface area contributed by atoms with Crippen LogP contribution in [0.5, 0.6) is 0 Å². The van der Waals surface area contributed by atoms with Crippen LogP contribution in [0.15, 0.2) is 0 Å².